The lowest BCUT2D eigenvalue weighted by atomic mass is 10.1. The van der Waals surface area contributed by atoms with E-state index < -0.39 is 10.0 Å². The third kappa shape index (κ3) is 3.86. The van der Waals surface area contributed by atoms with E-state index in [-0.39, 0.29) is 11.3 Å². The zero-order chi connectivity index (χ0) is 18.1. The Labute approximate surface area is 159 Å². The molecule has 2 aliphatic rings. The summed E-state index contributed by atoms with van der Waals surface area (Å²) >= 11 is 1.67. The highest BCUT2D eigenvalue weighted by Gasteiger charge is 2.41. The minimum atomic E-state index is -3.10. The highest BCUT2D eigenvalue weighted by atomic mass is 32.2. The minimum absolute atomic E-state index is 0.0848. The average Bonchev–Trinajstić information content (AvgIpc) is 3.43. The molecule has 0 amide bonds. The molecule has 0 N–H and O–H groups in total. The second-order valence-corrected chi connectivity index (χ2v) is 10.4. The van der Waals surface area contributed by atoms with Crippen molar-refractivity contribution in [3.05, 3.63) is 41.4 Å². The van der Waals surface area contributed by atoms with E-state index in [1.54, 1.807) is 22.7 Å². The monoisotopic (exact) mass is 391 g/mol. The second-order valence-electron chi connectivity index (χ2n) is 7.30. The summed E-state index contributed by atoms with van der Waals surface area (Å²) in [4.78, 5) is 7.12. The summed E-state index contributed by atoms with van der Waals surface area (Å²) in [5, 5.41) is 3.04. The maximum Gasteiger partial charge on any atom is 0.217 e. The molecular formula is C19H25N3O2S2. The van der Waals surface area contributed by atoms with E-state index in [9.17, 15) is 8.42 Å². The van der Waals surface area contributed by atoms with Crippen molar-refractivity contribution in [3.8, 4) is 10.6 Å². The van der Waals surface area contributed by atoms with Gasteiger partial charge in [-0.15, -0.1) is 11.3 Å². The zero-order valence-electron chi connectivity index (χ0n) is 15.0. The lowest BCUT2D eigenvalue weighted by molar-refractivity contribution is 0.152. The number of likely N-dealkylation sites (tertiary alicyclic amines) is 1. The molecule has 1 aliphatic carbocycles. The first-order valence-electron chi connectivity index (χ1n) is 9.23. The Balaban J connectivity index is 1.40. The van der Waals surface area contributed by atoms with Gasteiger partial charge in [0.15, 0.2) is 0 Å². The van der Waals surface area contributed by atoms with E-state index in [4.69, 9.17) is 4.98 Å². The van der Waals surface area contributed by atoms with Crippen molar-refractivity contribution in [2.24, 2.45) is 0 Å². The Kier molecular flexibility index (Phi) is 5.14. The first-order chi connectivity index (χ1) is 12.5. The van der Waals surface area contributed by atoms with Crippen LogP contribution in [0.1, 0.15) is 31.4 Å². The highest BCUT2D eigenvalue weighted by Crippen LogP contribution is 2.32. The number of benzene rings is 1. The molecule has 1 aliphatic heterocycles. The molecule has 0 bridgehead atoms. The topological polar surface area (TPSA) is 53.5 Å². The molecule has 1 saturated carbocycles. The van der Waals surface area contributed by atoms with E-state index in [0.29, 0.717) is 0 Å². The van der Waals surface area contributed by atoms with Crippen LogP contribution in [0.15, 0.2) is 35.7 Å². The van der Waals surface area contributed by atoms with E-state index in [1.165, 1.54) is 0 Å². The van der Waals surface area contributed by atoms with E-state index >= 15 is 0 Å². The van der Waals surface area contributed by atoms with Crippen molar-refractivity contribution in [1.29, 1.82) is 0 Å². The molecule has 1 aromatic heterocycles. The normalized spacial score (nSPS) is 22.0. The molecule has 1 atom stereocenters. The SMILES string of the molecule is CN(C1CCCN(Cc2csc(-c3ccccc3)n2)C1)S(=O)(=O)C1CC1. The molecule has 1 saturated heterocycles. The third-order valence-electron chi connectivity index (χ3n) is 5.30. The molecule has 2 heterocycles. The first kappa shape index (κ1) is 18.1. The predicted octanol–water partition coefficient (Wildman–Crippen LogP) is 3.20. The average molecular weight is 392 g/mol. The number of aromatic nitrogens is 1. The van der Waals surface area contributed by atoms with Crippen LogP contribution >= 0.6 is 11.3 Å². The standard InChI is InChI=1S/C19H25N3O2S2/c1-21(26(23,24)18-9-10-18)17-8-5-11-22(13-17)12-16-14-25-19(20-16)15-6-3-2-4-7-15/h2-4,6-7,14,17-18H,5,8-13H2,1H3. The molecule has 2 fully saturated rings. The number of hydrogen-bond acceptors (Lipinski definition) is 5. The van der Waals surface area contributed by atoms with Crippen molar-refractivity contribution in [3.63, 3.8) is 0 Å². The first-order valence-corrected chi connectivity index (χ1v) is 11.6. The predicted molar refractivity (Wildman–Crippen MR) is 106 cm³/mol. The van der Waals surface area contributed by atoms with E-state index in [2.05, 4.69) is 22.4 Å². The van der Waals surface area contributed by atoms with Gasteiger partial charge in [-0.05, 0) is 32.2 Å². The van der Waals surface area contributed by atoms with Gasteiger partial charge in [-0.2, -0.15) is 0 Å². The van der Waals surface area contributed by atoms with Crippen molar-refractivity contribution in [2.75, 3.05) is 20.1 Å². The number of piperidine rings is 1. The Morgan fingerprint density at radius 3 is 2.73 bits per heavy atom. The van der Waals surface area contributed by atoms with Crippen molar-refractivity contribution >= 4 is 21.4 Å². The summed E-state index contributed by atoms with van der Waals surface area (Å²) in [6, 6.07) is 10.3. The summed E-state index contributed by atoms with van der Waals surface area (Å²) in [7, 11) is -1.34. The van der Waals surface area contributed by atoms with E-state index in [1.807, 2.05) is 18.2 Å². The Hall–Kier alpha value is -1.28. The lowest BCUT2D eigenvalue weighted by Gasteiger charge is -2.36. The summed E-state index contributed by atoms with van der Waals surface area (Å²) in [6.45, 7) is 2.59. The molecule has 0 radical (unpaired) electrons. The van der Waals surface area contributed by atoms with Gasteiger partial charge in [0.1, 0.15) is 5.01 Å². The second kappa shape index (κ2) is 7.38. The smallest absolute Gasteiger partial charge is 0.217 e. The number of hydrogen-bond donors (Lipinski definition) is 0. The molecule has 0 spiro atoms. The summed E-state index contributed by atoms with van der Waals surface area (Å²) in [5.41, 5.74) is 2.22. The van der Waals surface area contributed by atoms with Gasteiger partial charge in [0.05, 0.1) is 10.9 Å². The van der Waals surface area contributed by atoms with Crippen molar-refractivity contribution in [2.45, 2.75) is 43.5 Å². The summed E-state index contributed by atoms with van der Waals surface area (Å²) < 4.78 is 26.7. The number of rotatable bonds is 6. The van der Waals surface area contributed by atoms with Crippen LogP contribution in [0, 0.1) is 0 Å². The van der Waals surface area contributed by atoms with E-state index in [0.717, 1.165) is 61.6 Å². The molecule has 26 heavy (non-hydrogen) atoms. The molecule has 7 heteroatoms. The third-order valence-corrected chi connectivity index (χ3v) is 8.65. The number of sulfonamides is 1. The van der Waals surface area contributed by atoms with Gasteiger partial charge in [-0.1, -0.05) is 30.3 Å². The van der Waals surface area contributed by atoms with Crippen LogP contribution in [0.4, 0.5) is 0 Å². The van der Waals surface area contributed by atoms with Crippen LogP contribution in [0.2, 0.25) is 0 Å². The quantitative estimate of drug-likeness (QED) is 0.759. The van der Waals surface area contributed by atoms with Crippen molar-refractivity contribution in [1.82, 2.24) is 14.2 Å². The molecule has 1 unspecified atom stereocenters. The molecule has 140 valence electrons. The lowest BCUT2D eigenvalue weighted by Crippen LogP contribution is -2.49. The highest BCUT2D eigenvalue weighted by molar-refractivity contribution is 7.90. The number of nitrogens with zero attached hydrogens (tertiary/aromatic N) is 3. The Morgan fingerprint density at radius 1 is 1.23 bits per heavy atom. The van der Waals surface area contributed by atoms with Crippen LogP contribution in [-0.2, 0) is 16.6 Å². The maximum absolute atomic E-state index is 12.5. The van der Waals surface area contributed by atoms with Gasteiger partial charge >= 0.3 is 0 Å². The van der Waals surface area contributed by atoms with Crippen LogP contribution in [0.5, 0.6) is 0 Å². The fourth-order valence-electron chi connectivity index (χ4n) is 3.60. The number of thiazole rings is 1. The van der Waals surface area contributed by atoms with Gasteiger partial charge in [0.25, 0.3) is 0 Å². The van der Waals surface area contributed by atoms with Gasteiger partial charge in [0.2, 0.25) is 10.0 Å². The molecule has 5 nitrogen and oxygen atoms in total. The molecule has 2 aromatic rings. The summed E-state index contributed by atoms with van der Waals surface area (Å²) in [6.07, 6.45) is 3.63. The largest absolute Gasteiger partial charge is 0.296 e. The molecular weight excluding hydrogens is 366 g/mol. The van der Waals surface area contributed by atoms with Gasteiger partial charge < -0.3 is 0 Å². The van der Waals surface area contributed by atoms with Gasteiger partial charge in [-0.25, -0.2) is 17.7 Å². The van der Waals surface area contributed by atoms with Crippen LogP contribution < -0.4 is 0 Å². The van der Waals surface area contributed by atoms with Crippen LogP contribution in [-0.4, -0.2) is 54.0 Å². The minimum Gasteiger partial charge on any atom is -0.296 e. The molecule has 1 aromatic carbocycles. The number of likely N-dealkylation sites (N-methyl/N-ethyl adjacent to an activating group) is 1. The van der Waals surface area contributed by atoms with Crippen molar-refractivity contribution < 1.29 is 8.42 Å². The zero-order valence-corrected chi connectivity index (χ0v) is 16.7. The summed E-state index contributed by atoms with van der Waals surface area (Å²) in [5.74, 6) is 0. The van der Waals surface area contributed by atoms with Crippen LogP contribution in [0.3, 0.4) is 0 Å². The fraction of sp³-hybridized carbons (Fsp3) is 0.526. The fourth-order valence-corrected chi connectivity index (χ4v) is 6.21. The van der Waals surface area contributed by atoms with Gasteiger partial charge in [0, 0.05) is 37.1 Å². The van der Waals surface area contributed by atoms with Gasteiger partial charge in [-0.3, -0.25) is 4.90 Å². The maximum atomic E-state index is 12.5. The Bertz CT molecular complexity index is 847. The Morgan fingerprint density at radius 2 is 2.00 bits per heavy atom. The molecule has 4 rings (SSSR count). The van der Waals surface area contributed by atoms with Crippen LogP contribution in [0.25, 0.3) is 10.6 Å².